The van der Waals surface area contributed by atoms with E-state index in [1.807, 2.05) is 10.6 Å². The van der Waals surface area contributed by atoms with Crippen LogP contribution < -0.4 is 0 Å². The largest absolute Gasteiger partial charge is 0.481 e. The minimum absolute atomic E-state index is 0.104. The Morgan fingerprint density at radius 2 is 1.94 bits per heavy atom. The van der Waals surface area contributed by atoms with Crippen molar-refractivity contribution in [3.8, 4) is 5.69 Å². The van der Waals surface area contributed by atoms with Gasteiger partial charge >= 0.3 is 5.97 Å². The van der Waals surface area contributed by atoms with Gasteiger partial charge in [0.05, 0.1) is 11.4 Å². The highest BCUT2D eigenvalue weighted by Gasteiger charge is 2.30. The Hall–Kier alpha value is -2.75. The number of halogens is 2. The number of carboxylic acids is 1. The molecule has 0 fully saturated rings. The minimum atomic E-state index is -0.933. The van der Waals surface area contributed by atoms with Gasteiger partial charge < -0.3 is 10.0 Å². The quantitative estimate of drug-likeness (QED) is 0.371. The van der Waals surface area contributed by atoms with Gasteiger partial charge in [0.15, 0.2) is 11.0 Å². The maximum absolute atomic E-state index is 14.9. The van der Waals surface area contributed by atoms with Crippen LogP contribution in [-0.4, -0.2) is 61.8 Å². The number of carboxylic acid groups (broad SMARTS) is 1. The van der Waals surface area contributed by atoms with Gasteiger partial charge in [-0.25, -0.2) is 4.39 Å². The predicted octanol–water partition coefficient (Wildman–Crippen LogP) is 5.25. The van der Waals surface area contributed by atoms with Crippen LogP contribution in [-0.2, 0) is 4.79 Å². The van der Waals surface area contributed by atoms with Gasteiger partial charge in [-0.05, 0) is 49.8 Å². The molecule has 35 heavy (non-hydrogen) atoms. The van der Waals surface area contributed by atoms with Gasteiger partial charge in [-0.3, -0.25) is 14.4 Å². The van der Waals surface area contributed by atoms with Crippen LogP contribution in [0.2, 0.25) is 5.02 Å². The van der Waals surface area contributed by atoms with Crippen molar-refractivity contribution in [2.75, 3.05) is 25.4 Å². The lowest BCUT2D eigenvalue weighted by Gasteiger charge is -2.18. The van der Waals surface area contributed by atoms with Crippen molar-refractivity contribution in [3.05, 3.63) is 70.3 Å². The summed E-state index contributed by atoms with van der Waals surface area (Å²) in [6, 6.07) is 11.2. The zero-order valence-electron chi connectivity index (χ0n) is 19.6. The van der Waals surface area contributed by atoms with Crippen molar-refractivity contribution >= 4 is 35.0 Å². The van der Waals surface area contributed by atoms with Gasteiger partial charge in [-0.1, -0.05) is 49.3 Å². The Labute approximate surface area is 213 Å². The summed E-state index contributed by atoms with van der Waals surface area (Å²) in [6.45, 7) is 7.09. The zero-order chi connectivity index (χ0) is 24.9. The Balaban J connectivity index is 1.84. The van der Waals surface area contributed by atoms with Crippen LogP contribution in [0.25, 0.3) is 5.69 Å². The third kappa shape index (κ3) is 5.58. The Morgan fingerprint density at radius 1 is 1.17 bits per heavy atom. The molecule has 0 saturated carbocycles. The molecule has 10 heteroatoms. The highest BCUT2D eigenvalue weighted by molar-refractivity contribution is 7.99. The summed E-state index contributed by atoms with van der Waals surface area (Å²) < 4.78 is 16.9. The first kappa shape index (κ1) is 25.3. The van der Waals surface area contributed by atoms with Crippen LogP contribution in [0.5, 0.6) is 0 Å². The summed E-state index contributed by atoms with van der Waals surface area (Å²) in [5, 5.41) is 19.4. The first-order valence-corrected chi connectivity index (χ1v) is 12.9. The van der Waals surface area contributed by atoms with Crippen molar-refractivity contribution in [1.82, 2.24) is 19.7 Å². The molecule has 3 aromatic rings. The van der Waals surface area contributed by atoms with Gasteiger partial charge in [0.1, 0.15) is 11.9 Å². The number of rotatable bonds is 10. The summed E-state index contributed by atoms with van der Waals surface area (Å²) in [5.74, 6) is -0.00621. The lowest BCUT2D eigenvalue weighted by atomic mass is 10.00. The van der Waals surface area contributed by atoms with Gasteiger partial charge in [-0.15, -0.1) is 10.2 Å². The average Bonchev–Trinajstić information content (AvgIpc) is 3.20. The predicted molar refractivity (Wildman–Crippen MR) is 137 cm³/mol. The smallest absolute Gasteiger partial charge is 0.303 e. The van der Waals surface area contributed by atoms with E-state index >= 15 is 0 Å². The fourth-order valence-corrected chi connectivity index (χ4v) is 5.24. The number of fused-ring (bicyclic) bond motifs is 3. The monoisotopic (exact) mass is 515 g/mol. The summed E-state index contributed by atoms with van der Waals surface area (Å²) in [4.78, 5) is 18.6. The number of hydrogen-bond donors (Lipinski definition) is 1. The van der Waals surface area contributed by atoms with Crippen LogP contribution in [0.1, 0.15) is 49.7 Å². The van der Waals surface area contributed by atoms with E-state index in [0.29, 0.717) is 32.8 Å². The standard InChI is InChI=1S/C25H27ClFN5O2S/c1-3-31(4-2)13-14-35-25-30-29-24-20(10-12-22(33)34)28-23(17-7-5-6-8-19(17)27)18-15-16(26)9-11-21(18)32(24)25/h5-9,11,15,20H,3-4,10,12-14H2,1-2H3,(H,33,34)/t20-/m0/s1. The molecule has 7 nitrogen and oxygen atoms in total. The molecule has 0 amide bonds. The number of benzene rings is 2. The van der Waals surface area contributed by atoms with Gasteiger partial charge in [0.25, 0.3) is 0 Å². The molecule has 4 rings (SSSR count). The molecule has 0 bridgehead atoms. The van der Waals surface area contributed by atoms with E-state index < -0.39 is 17.8 Å². The van der Waals surface area contributed by atoms with Crippen LogP contribution in [0.4, 0.5) is 4.39 Å². The molecule has 2 heterocycles. The first-order valence-electron chi connectivity index (χ1n) is 11.6. The molecule has 1 aliphatic rings. The summed E-state index contributed by atoms with van der Waals surface area (Å²) in [5.41, 5.74) is 2.12. The molecule has 1 atom stereocenters. The zero-order valence-corrected chi connectivity index (χ0v) is 21.2. The van der Waals surface area contributed by atoms with Gasteiger partial charge in [-0.2, -0.15) is 0 Å². The number of hydrogen-bond acceptors (Lipinski definition) is 6. The van der Waals surface area contributed by atoms with E-state index in [-0.39, 0.29) is 12.8 Å². The average molecular weight is 516 g/mol. The number of thioether (sulfide) groups is 1. The number of carbonyl (C=O) groups is 1. The molecular formula is C25H27ClFN5O2S. The van der Waals surface area contributed by atoms with Crippen molar-refractivity contribution in [2.45, 2.75) is 37.9 Å². The molecule has 0 aliphatic carbocycles. The van der Waals surface area contributed by atoms with E-state index in [2.05, 4.69) is 28.9 Å². The Morgan fingerprint density at radius 3 is 2.66 bits per heavy atom. The van der Waals surface area contributed by atoms with Crippen molar-refractivity contribution in [1.29, 1.82) is 0 Å². The minimum Gasteiger partial charge on any atom is -0.481 e. The number of aliphatic carboxylic acids is 1. The molecule has 1 aromatic heterocycles. The number of aromatic nitrogens is 3. The fraction of sp³-hybridized carbons (Fsp3) is 0.360. The van der Waals surface area contributed by atoms with Gasteiger partial charge in [0.2, 0.25) is 0 Å². The third-order valence-electron chi connectivity index (χ3n) is 5.99. The summed E-state index contributed by atoms with van der Waals surface area (Å²) in [6.07, 6.45) is 0.102. The second kappa shape index (κ2) is 11.3. The first-order chi connectivity index (χ1) is 16.9. The molecule has 184 valence electrons. The van der Waals surface area contributed by atoms with E-state index in [9.17, 15) is 14.3 Å². The highest BCUT2D eigenvalue weighted by atomic mass is 35.5. The van der Waals surface area contributed by atoms with Crippen molar-refractivity contribution in [2.24, 2.45) is 4.99 Å². The molecular weight excluding hydrogens is 489 g/mol. The maximum atomic E-state index is 14.9. The molecule has 0 unspecified atom stereocenters. The van der Waals surface area contributed by atoms with Crippen molar-refractivity contribution in [3.63, 3.8) is 0 Å². The number of nitrogens with zero attached hydrogens (tertiary/aromatic N) is 5. The van der Waals surface area contributed by atoms with Crippen LogP contribution in [0.3, 0.4) is 0 Å². The van der Waals surface area contributed by atoms with Gasteiger partial charge in [0, 0.05) is 34.9 Å². The summed E-state index contributed by atoms with van der Waals surface area (Å²) in [7, 11) is 0. The molecule has 0 radical (unpaired) electrons. The van der Waals surface area contributed by atoms with E-state index in [0.717, 1.165) is 31.1 Å². The molecule has 2 aromatic carbocycles. The number of aliphatic imine (C=N–C) groups is 1. The van der Waals surface area contributed by atoms with E-state index in [1.54, 1.807) is 42.1 Å². The maximum Gasteiger partial charge on any atom is 0.303 e. The molecule has 1 N–H and O–H groups in total. The van der Waals surface area contributed by atoms with E-state index in [4.69, 9.17) is 16.6 Å². The second-order valence-corrected chi connectivity index (χ2v) is 9.62. The SMILES string of the molecule is CCN(CC)CCSc1nnc2n1-c1ccc(Cl)cc1C(c1ccccc1F)=N[C@H]2CCC(=O)O. The molecule has 0 spiro atoms. The fourth-order valence-electron chi connectivity index (χ4n) is 4.12. The molecule has 1 aliphatic heterocycles. The van der Waals surface area contributed by atoms with Crippen LogP contribution in [0, 0.1) is 5.82 Å². The summed E-state index contributed by atoms with van der Waals surface area (Å²) >= 11 is 7.95. The Bertz CT molecular complexity index is 1240. The highest BCUT2D eigenvalue weighted by Crippen LogP contribution is 2.36. The topological polar surface area (TPSA) is 83.6 Å². The molecule has 0 saturated heterocycles. The van der Waals surface area contributed by atoms with Crippen LogP contribution >= 0.6 is 23.4 Å². The third-order valence-corrected chi connectivity index (χ3v) is 7.13. The van der Waals surface area contributed by atoms with Crippen molar-refractivity contribution < 1.29 is 14.3 Å². The Kier molecular flexibility index (Phi) is 8.20. The lowest BCUT2D eigenvalue weighted by Crippen LogP contribution is -2.25. The lowest BCUT2D eigenvalue weighted by molar-refractivity contribution is -0.137. The van der Waals surface area contributed by atoms with Crippen LogP contribution in [0.15, 0.2) is 52.6 Å². The normalized spacial score (nSPS) is 14.9. The van der Waals surface area contributed by atoms with E-state index in [1.165, 1.54) is 6.07 Å². The second-order valence-electron chi connectivity index (χ2n) is 8.12.